The van der Waals surface area contributed by atoms with E-state index in [9.17, 15) is 10.1 Å². The Kier molecular flexibility index (Phi) is 4.60. The fourth-order valence-electron chi connectivity index (χ4n) is 1.47. The molecular formula is C12H16N4O2. The number of nitrogens with one attached hydrogen (secondary N) is 1. The fourth-order valence-corrected chi connectivity index (χ4v) is 1.47. The van der Waals surface area contributed by atoms with Gasteiger partial charge in [0.05, 0.1) is 4.92 Å². The summed E-state index contributed by atoms with van der Waals surface area (Å²) < 4.78 is 0. The van der Waals surface area contributed by atoms with Gasteiger partial charge in [-0.15, -0.1) is 0 Å². The zero-order valence-electron chi connectivity index (χ0n) is 10.7. The first-order valence-corrected chi connectivity index (χ1v) is 5.80. The van der Waals surface area contributed by atoms with Gasteiger partial charge in [-0.1, -0.05) is 20.3 Å². The predicted molar refractivity (Wildman–Crippen MR) is 68.1 cm³/mol. The number of rotatable bonds is 5. The molecule has 0 aliphatic heterocycles. The molecule has 0 aromatic carbocycles. The summed E-state index contributed by atoms with van der Waals surface area (Å²) in [4.78, 5) is 14.0. The minimum absolute atomic E-state index is 0.149. The van der Waals surface area contributed by atoms with Crippen molar-refractivity contribution in [2.24, 2.45) is 5.92 Å². The lowest BCUT2D eigenvalue weighted by atomic mass is 10.0. The van der Waals surface area contributed by atoms with Crippen molar-refractivity contribution in [2.75, 3.05) is 5.32 Å². The Morgan fingerprint density at radius 2 is 2.28 bits per heavy atom. The van der Waals surface area contributed by atoms with Crippen molar-refractivity contribution < 1.29 is 4.92 Å². The number of pyridine rings is 1. The highest BCUT2D eigenvalue weighted by Gasteiger charge is 2.16. The smallest absolute Gasteiger partial charge is 0.289 e. The lowest BCUT2D eigenvalue weighted by Crippen LogP contribution is -2.24. The number of aromatic nitrogens is 1. The summed E-state index contributed by atoms with van der Waals surface area (Å²) in [5.74, 6) is 0.824. The van der Waals surface area contributed by atoms with Crippen molar-refractivity contribution in [3.63, 3.8) is 0 Å². The van der Waals surface area contributed by atoms with E-state index in [1.807, 2.05) is 13.0 Å². The lowest BCUT2D eigenvalue weighted by molar-refractivity contribution is -0.385. The van der Waals surface area contributed by atoms with E-state index in [0.717, 1.165) is 12.6 Å². The van der Waals surface area contributed by atoms with E-state index >= 15 is 0 Å². The molecule has 0 bridgehead atoms. The molecule has 1 aromatic heterocycles. The van der Waals surface area contributed by atoms with Crippen LogP contribution in [0.5, 0.6) is 0 Å². The third kappa shape index (κ3) is 3.17. The van der Waals surface area contributed by atoms with Crippen LogP contribution < -0.4 is 5.32 Å². The lowest BCUT2D eigenvalue weighted by Gasteiger charge is -2.20. The van der Waals surface area contributed by atoms with Crippen LogP contribution in [0.3, 0.4) is 0 Å². The highest BCUT2D eigenvalue weighted by molar-refractivity contribution is 5.55. The standard InChI is InChI=1S/C12H16N4O2/c1-4-8(2)9(3)15-12-10(6-13)5-11(7-14-12)16(17)18/h5,7-9H,4H2,1-3H3,(H,14,15). The third-order valence-corrected chi connectivity index (χ3v) is 3.07. The van der Waals surface area contributed by atoms with Crippen molar-refractivity contribution in [3.8, 4) is 6.07 Å². The zero-order valence-corrected chi connectivity index (χ0v) is 10.7. The Labute approximate surface area is 106 Å². The van der Waals surface area contributed by atoms with Crippen molar-refractivity contribution in [2.45, 2.75) is 33.2 Å². The van der Waals surface area contributed by atoms with Gasteiger partial charge in [-0.25, -0.2) is 4.98 Å². The summed E-state index contributed by atoms with van der Waals surface area (Å²) in [7, 11) is 0. The van der Waals surface area contributed by atoms with Crippen molar-refractivity contribution >= 4 is 11.5 Å². The number of hydrogen-bond acceptors (Lipinski definition) is 5. The van der Waals surface area contributed by atoms with E-state index < -0.39 is 4.92 Å². The fraction of sp³-hybridized carbons (Fsp3) is 0.500. The number of anilines is 1. The monoisotopic (exact) mass is 248 g/mol. The van der Waals surface area contributed by atoms with E-state index in [4.69, 9.17) is 5.26 Å². The largest absolute Gasteiger partial charge is 0.366 e. The van der Waals surface area contributed by atoms with Crippen LogP contribution in [-0.2, 0) is 0 Å². The summed E-state index contributed by atoms with van der Waals surface area (Å²) in [6, 6.07) is 3.31. The zero-order chi connectivity index (χ0) is 13.7. The molecule has 0 aliphatic carbocycles. The van der Waals surface area contributed by atoms with Gasteiger partial charge in [-0.3, -0.25) is 10.1 Å². The van der Waals surface area contributed by atoms with Crippen LogP contribution in [0.2, 0.25) is 0 Å². The summed E-state index contributed by atoms with van der Waals surface area (Å²) >= 11 is 0. The number of nitro groups is 1. The molecular weight excluding hydrogens is 232 g/mol. The summed E-state index contributed by atoms with van der Waals surface area (Å²) in [6.45, 7) is 6.17. The molecule has 1 aromatic rings. The molecule has 0 radical (unpaired) electrons. The Morgan fingerprint density at radius 3 is 2.78 bits per heavy atom. The van der Waals surface area contributed by atoms with Crippen LogP contribution in [0.1, 0.15) is 32.8 Å². The SMILES string of the molecule is CCC(C)C(C)Nc1ncc([N+](=O)[O-])cc1C#N. The minimum Gasteiger partial charge on any atom is -0.366 e. The van der Waals surface area contributed by atoms with E-state index in [1.54, 1.807) is 0 Å². The van der Waals surface area contributed by atoms with Gasteiger partial charge in [0.2, 0.25) is 0 Å². The molecule has 18 heavy (non-hydrogen) atoms. The van der Waals surface area contributed by atoms with Gasteiger partial charge in [0, 0.05) is 12.1 Å². The average Bonchev–Trinajstić information content (AvgIpc) is 2.37. The quantitative estimate of drug-likeness (QED) is 0.638. The van der Waals surface area contributed by atoms with Gasteiger partial charge < -0.3 is 5.32 Å². The molecule has 2 unspecified atom stereocenters. The second-order valence-electron chi connectivity index (χ2n) is 4.28. The second-order valence-corrected chi connectivity index (χ2v) is 4.28. The third-order valence-electron chi connectivity index (χ3n) is 3.07. The van der Waals surface area contributed by atoms with Gasteiger partial charge in [-0.2, -0.15) is 5.26 Å². The summed E-state index contributed by atoms with van der Waals surface area (Å²) in [6.07, 6.45) is 2.16. The number of hydrogen-bond donors (Lipinski definition) is 1. The molecule has 1 rings (SSSR count). The maximum absolute atomic E-state index is 10.6. The van der Waals surface area contributed by atoms with Crippen LogP contribution in [0.4, 0.5) is 11.5 Å². The molecule has 0 fully saturated rings. The van der Waals surface area contributed by atoms with Gasteiger partial charge in [-0.05, 0) is 12.8 Å². The normalized spacial score (nSPS) is 13.4. The Hall–Kier alpha value is -2.16. The summed E-state index contributed by atoms with van der Waals surface area (Å²) in [5, 5.41) is 22.7. The van der Waals surface area contributed by atoms with Crippen LogP contribution >= 0.6 is 0 Å². The Morgan fingerprint density at radius 1 is 1.61 bits per heavy atom. The van der Waals surface area contributed by atoms with E-state index in [-0.39, 0.29) is 17.3 Å². The van der Waals surface area contributed by atoms with Gasteiger partial charge >= 0.3 is 0 Å². The Bertz CT molecular complexity index is 481. The molecule has 0 saturated heterocycles. The molecule has 96 valence electrons. The average molecular weight is 248 g/mol. The molecule has 0 saturated carbocycles. The molecule has 6 nitrogen and oxygen atoms in total. The summed E-state index contributed by atoms with van der Waals surface area (Å²) in [5.41, 5.74) is 0.0210. The predicted octanol–water partition coefficient (Wildman–Crippen LogP) is 2.71. The van der Waals surface area contributed by atoms with Gasteiger partial charge in [0.25, 0.3) is 5.69 Å². The van der Waals surface area contributed by atoms with Crippen molar-refractivity contribution in [1.29, 1.82) is 5.26 Å². The highest BCUT2D eigenvalue weighted by Crippen LogP contribution is 2.20. The van der Waals surface area contributed by atoms with Crippen LogP contribution in [-0.4, -0.2) is 15.9 Å². The van der Waals surface area contributed by atoms with Crippen molar-refractivity contribution in [1.82, 2.24) is 4.98 Å². The molecule has 1 heterocycles. The first-order valence-electron chi connectivity index (χ1n) is 5.80. The highest BCUT2D eigenvalue weighted by atomic mass is 16.6. The van der Waals surface area contributed by atoms with Gasteiger partial charge in [0.15, 0.2) is 0 Å². The first-order chi connectivity index (χ1) is 8.49. The van der Waals surface area contributed by atoms with Gasteiger partial charge in [0.1, 0.15) is 23.6 Å². The number of nitrogens with zero attached hydrogens (tertiary/aromatic N) is 3. The molecule has 6 heteroatoms. The number of nitriles is 1. The van der Waals surface area contributed by atoms with E-state index in [2.05, 4.69) is 24.1 Å². The second kappa shape index (κ2) is 5.96. The van der Waals surface area contributed by atoms with Crippen LogP contribution in [0.15, 0.2) is 12.3 Å². The molecule has 0 amide bonds. The van der Waals surface area contributed by atoms with Crippen LogP contribution in [0.25, 0.3) is 0 Å². The maximum Gasteiger partial charge on any atom is 0.289 e. The van der Waals surface area contributed by atoms with Crippen LogP contribution in [0, 0.1) is 27.4 Å². The van der Waals surface area contributed by atoms with E-state index in [0.29, 0.717) is 11.7 Å². The topological polar surface area (TPSA) is 91.8 Å². The first kappa shape index (κ1) is 13.9. The van der Waals surface area contributed by atoms with Crippen molar-refractivity contribution in [3.05, 3.63) is 27.9 Å². The van der Waals surface area contributed by atoms with E-state index in [1.165, 1.54) is 6.07 Å². The maximum atomic E-state index is 10.6. The molecule has 1 N–H and O–H groups in total. The minimum atomic E-state index is -0.560. The molecule has 0 aliphatic rings. The molecule has 2 atom stereocenters. The Balaban J connectivity index is 2.97. The molecule has 0 spiro atoms.